The highest BCUT2D eigenvalue weighted by molar-refractivity contribution is 5.95. The van der Waals surface area contributed by atoms with Crippen molar-refractivity contribution < 1.29 is 0 Å². The Morgan fingerprint density at radius 3 is 1.46 bits per heavy atom. The molecule has 2 aliphatic carbocycles. The lowest BCUT2D eigenvalue weighted by molar-refractivity contribution is 0.530. The second-order valence-electron chi connectivity index (χ2n) is 18.0. The Hall–Kier alpha value is -7.68. The van der Waals surface area contributed by atoms with Crippen LogP contribution < -0.4 is 9.80 Å². The molecule has 0 saturated heterocycles. The van der Waals surface area contributed by atoms with E-state index in [1.54, 1.807) is 0 Å². The zero-order valence-electron chi connectivity index (χ0n) is 37.1. The minimum absolute atomic E-state index is 0.186. The predicted octanol–water partition coefficient (Wildman–Crippen LogP) is 17.3. The lowest BCUT2D eigenvalue weighted by Crippen LogP contribution is -2.27. The Balaban J connectivity index is 1.02. The van der Waals surface area contributed by atoms with Gasteiger partial charge >= 0.3 is 0 Å². The molecule has 2 nitrogen and oxygen atoms in total. The standard InChI is InChI=1S/C63H52N2/c1-62(2)58-31-20-30-56(47-23-10-4-11-24-47)61(58)57-42-41-54(45-59(57)62)65(60-32-17-16-29-55(60)46-21-8-3-9-22-46)53-39-35-49(36-40-53)63(43-18-7-19-44-63)48-33-37-52(38-34-48)64(50-25-12-5-13-26-50)51-27-14-6-15-28-51/h3-6,8-18,20-43,45H,7,19,44H2,1-2H3. The summed E-state index contributed by atoms with van der Waals surface area (Å²) >= 11 is 0. The van der Waals surface area contributed by atoms with Crippen molar-refractivity contribution >= 4 is 34.1 Å². The van der Waals surface area contributed by atoms with Gasteiger partial charge in [0.2, 0.25) is 0 Å². The van der Waals surface area contributed by atoms with Crippen molar-refractivity contribution in [3.63, 3.8) is 0 Å². The predicted molar refractivity (Wildman–Crippen MR) is 274 cm³/mol. The van der Waals surface area contributed by atoms with E-state index < -0.39 is 0 Å². The highest BCUT2D eigenvalue weighted by atomic mass is 15.1. The maximum absolute atomic E-state index is 2.48. The highest BCUT2D eigenvalue weighted by Gasteiger charge is 2.38. The maximum atomic E-state index is 2.48. The molecule has 9 aromatic rings. The van der Waals surface area contributed by atoms with Crippen molar-refractivity contribution in [2.24, 2.45) is 0 Å². The summed E-state index contributed by atoms with van der Waals surface area (Å²) in [6, 6.07) is 84.6. The number of para-hydroxylation sites is 3. The van der Waals surface area contributed by atoms with E-state index in [0.717, 1.165) is 53.4 Å². The highest BCUT2D eigenvalue weighted by Crippen LogP contribution is 2.54. The van der Waals surface area contributed by atoms with Crippen LogP contribution in [0, 0.1) is 0 Å². The minimum atomic E-state index is -0.244. The van der Waals surface area contributed by atoms with Gasteiger partial charge in [-0.2, -0.15) is 0 Å². The van der Waals surface area contributed by atoms with E-state index in [4.69, 9.17) is 0 Å². The van der Waals surface area contributed by atoms with Crippen LogP contribution in [0.3, 0.4) is 0 Å². The SMILES string of the molecule is CC1(C)c2cc(N(c3ccc(C4(c5ccc(N(c6ccccc6)c6ccccc6)cc5)C=CCCC4)cc3)c3ccccc3-c3ccccc3)ccc2-c2c(-c3ccccc3)cccc21. The van der Waals surface area contributed by atoms with Gasteiger partial charge in [-0.15, -0.1) is 0 Å². The smallest absolute Gasteiger partial charge is 0.0540 e. The van der Waals surface area contributed by atoms with Crippen LogP contribution in [0.1, 0.15) is 55.4 Å². The Kier molecular flexibility index (Phi) is 10.4. The summed E-state index contributed by atoms with van der Waals surface area (Å²) in [5.74, 6) is 0. The summed E-state index contributed by atoms with van der Waals surface area (Å²) < 4.78 is 0. The molecule has 65 heavy (non-hydrogen) atoms. The monoisotopic (exact) mass is 836 g/mol. The molecule has 9 aromatic carbocycles. The molecule has 11 rings (SSSR count). The van der Waals surface area contributed by atoms with E-state index in [1.165, 1.54) is 55.6 Å². The Morgan fingerprint density at radius 1 is 0.385 bits per heavy atom. The molecule has 0 aromatic heterocycles. The second kappa shape index (κ2) is 16.8. The molecule has 1 atom stereocenters. The first-order chi connectivity index (χ1) is 32.0. The van der Waals surface area contributed by atoms with Gasteiger partial charge in [0.25, 0.3) is 0 Å². The Labute approximate surface area is 384 Å². The van der Waals surface area contributed by atoms with E-state index in [0.29, 0.717) is 0 Å². The third-order valence-electron chi connectivity index (χ3n) is 13.9. The summed E-state index contributed by atoms with van der Waals surface area (Å²) in [7, 11) is 0. The van der Waals surface area contributed by atoms with Crippen molar-refractivity contribution in [1.29, 1.82) is 0 Å². The zero-order chi connectivity index (χ0) is 43.8. The number of allylic oxidation sites excluding steroid dienone is 2. The molecule has 0 amide bonds. The summed E-state index contributed by atoms with van der Waals surface area (Å²) in [5.41, 5.74) is 19.3. The minimum Gasteiger partial charge on any atom is -0.311 e. The number of hydrogen-bond donors (Lipinski definition) is 0. The average Bonchev–Trinajstić information content (AvgIpc) is 3.61. The summed E-state index contributed by atoms with van der Waals surface area (Å²) in [5, 5.41) is 0. The van der Waals surface area contributed by atoms with E-state index >= 15 is 0 Å². The summed E-state index contributed by atoms with van der Waals surface area (Å²) in [6.07, 6.45) is 8.15. The molecular formula is C63H52N2. The van der Waals surface area contributed by atoms with Crippen LogP contribution in [-0.2, 0) is 10.8 Å². The van der Waals surface area contributed by atoms with Gasteiger partial charge in [-0.05, 0) is 136 Å². The van der Waals surface area contributed by atoms with Gasteiger partial charge in [0.05, 0.1) is 5.69 Å². The molecular weight excluding hydrogens is 785 g/mol. The van der Waals surface area contributed by atoms with E-state index in [9.17, 15) is 0 Å². The van der Waals surface area contributed by atoms with Gasteiger partial charge in [0.15, 0.2) is 0 Å². The van der Waals surface area contributed by atoms with Crippen LogP contribution in [0.4, 0.5) is 34.1 Å². The number of benzene rings is 9. The van der Waals surface area contributed by atoms with Crippen LogP contribution in [0.25, 0.3) is 33.4 Å². The molecule has 0 N–H and O–H groups in total. The molecule has 0 bridgehead atoms. The number of nitrogens with zero attached hydrogens (tertiary/aromatic N) is 2. The van der Waals surface area contributed by atoms with Gasteiger partial charge in [-0.1, -0.05) is 190 Å². The third-order valence-corrected chi connectivity index (χ3v) is 13.9. The molecule has 2 aliphatic rings. The van der Waals surface area contributed by atoms with Crippen molar-refractivity contribution in [2.45, 2.75) is 43.9 Å². The molecule has 0 heterocycles. The molecule has 0 saturated carbocycles. The third kappa shape index (κ3) is 7.16. The van der Waals surface area contributed by atoms with Gasteiger partial charge in [0.1, 0.15) is 0 Å². The zero-order valence-corrected chi connectivity index (χ0v) is 37.1. The number of fused-ring (bicyclic) bond motifs is 3. The fourth-order valence-corrected chi connectivity index (χ4v) is 10.7. The molecule has 0 fully saturated rings. The summed E-state index contributed by atoms with van der Waals surface area (Å²) in [4.78, 5) is 4.81. The quantitative estimate of drug-likeness (QED) is 0.127. The van der Waals surface area contributed by atoms with Crippen molar-refractivity contribution in [3.05, 3.63) is 265 Å². The van der Waals surface area contributed by atoms with Crippen LogP contribution >= 0.6 is 0 Å². The van der Waals surface area contributed by atoms with Gasteiger partial charge in [-0.25, -0.2) is 0 Å². The van der Waals surface area contributed by atoms with Crippen LogP contribution in [0.15, 0.2) is 243 Å². The van der Waals surface area contributed by atoms with Crippen molar-refractivity contribution in [2.75, 3.05) is 9.80 Å². The molecule has 0 aliphatic heterocycles. The Morgan fingerprint density at radius 2 is 0.877 bits per heavy atom. The fourth-order valence-electron chi connectivity index (χ4n) is 10.7. The van der Waals surface area contributed by atoms with Crippen molar-refractivity contribution in [1.82, 2.24) is 0 Å². The largest absolute Gasteiger partial charge is 0.311 e. The maximum Gasteiger partial charge on any atom is 0.0540 e. The van der Waals surface area contributed by atoms with Crippen LogP contribution in [0.5, 0.6) is 0 Å². The number of hydrogen-bond acceptors (Lipinski definition) is 2. The van der Waals surface area contributed by atoms with E-state index in [2.05, 4.69) is 266 Å². The molecule has 2 heteroatoms. The first-order valence-corrected chi connectivity index (χ1v) is 23.1. The molecule has 0 spiro atoms. The normalized spacial score (nSPS) is 15.8. The molecule has 1 unspecified atom stereocenters. The lowest BCUT2D eigenvalue weighted by Gasteiger charge is -2.36. The first kappa shape index (κ1) is 40.1. The first-order valence-electron chi connectivity index (χ1n) is 23.1. The van der Waals surface area contributed by atoms with Gasteiger partial charge in [0, 0.05) is 44.8 Å². The van der Waals surface area contributed by atoms with Crippen LogP contribution in [-0.4, -0.2) is 0 Å². The number of rotatable bonds is 10. The van der Waals surface area contributed by atoms with Gasteiger partial charge in [-0.3, -0.25) is 0 Å². The molecule has 314 valence electrons. The second-order valence-corrected chi connectivity index (χ2v) is 18.0. The Bertz CT molecular complexity index is 3080. The van der Waals surface area contributed by atoms with E-state index in [-0.39, 0.29) is 10.8 Å². The van der Waals surface area contributed by atoms with Gasteiger partial charge < -0.3 is 9.80 Å². The topological polar surface area (TPSA) is 6.48 Å². The summed E-state index contributed by atoms with van der Waals surface area (Å²) in [6.45, 7) is 4.77. The average molecular weight is 837 g/mol. The van der Waals surface area contributed by atoms with Crippen LogP contribution in [0.2, 0.25) is 0 Å². The lowest BCUT2D eigenvalue weighted by atomic mass is 9.69. The number of anilines is 6. The van der Waals surface area contributed by atoms with E-state index in [1.807, 2.05) is 0 Å². The fraction of sp³-hybridized carbons (Fsp3) is 0.111. The van der Waals surface area contributed by atoms with Crippen molar-refractivity contribution in [3.8, 4) is 33.4 Å². The molecule has 0 radical (unpaired) electrons.